The predicted molar refractivity (Wildman–Crippen MR) is 117 cm³/mol. The highest BCUT2D eigenvalue weighted by atomic mass is 32.2. The minimum atomic E-state index is -1.00. The van der Waals surface area contributed by atoms with Crippen molar-refractivity contribution in [2.24, 2.45) is 5.92 Å². The lowest BCUT2D eigenvalue weighted by Crippen LogP contribution is -2.49. The minimum absolute atomic E-state index is 0.0277. The number of nitrogens with zero attached hydrogens (tertiary/aromatic N) is 1. The molecule has 0 aromatic carbocycles. The van der Waals surface area contributed by atoms with E-state index in [1.165, 1.54) is 25.7 Å². The first-order valence-electron chi connectivity index (χ1n) is 11.6. The number of rotatable bonds is 8. The number of ether oxygens (including phenoxy) is 1. The minimum Gasteiger partial charge on any atom is -0.376 e. The molecule has 2 heterocycles. The summed E-state index contributed by atoms with van der Waals surface area (Å²) in [5, 5.41) is 0.293. The van der Waals surface area contributed by atoms with E-state index < -0.39 is 11.0 Å². The molecule has 2 aliphatic carbocycles. The molecule has 3 aliphatic rings. The van der Waals surface area contributed by atoms with Crippen LogP contribution in [0.2, 0.25) is 0 Å². The SMILES string of the molecule is CCCC1CCC(OCC2C(NS(=O)C3CC3)CCc3ccc(C)c(=O)n32)CC1. The van der Waals surface area contributed by atoms with Crippen LogP contribution in [-0.4, -0.2) is 32.8 Å². The summed E-state index contributed by atoms with van der Waals surface area (Å²) in [6.45, 7) is 4.67. The molecule has 2 fully saturated rings. The molecule has 3 atom stereocenters. The molecule has 0 saturated heterocycles. The predicted octanol–water partition coefficient (Wildman–Crippen LogP) is 3.80. The van der Waals surface area contributed by atoms with Crippen molar-refractivity contribution in [3.05, 3.63) is 33.7 Å². The summed E-state index contributed by atoms with van der Waals surface area (Å²) >= 11 is 0. The fourth-order valence-corrected chi connectivity index (χ4v) is 6.35. The molecular formula is C23H36N2O3S. The van der Waals surface area contributed by atoms with Gasteiger partial charge in [-0.2, -0.15) is 0 Å². The van der Waals surface area contributed by atoms with Gasteiger partial charge in [-0.3, -0.25) is 4.79 Å². The van der Waals surface area contributed by atoms with Crippen LogP contribution >= 0.6 is 0 Å². The highest BCUT2D eigenvalue weighted by molar-refractivity contribution is 7.84. The normalized spacial score (nSPS) is 30.7. The fourth-order valence-electron chi connectivity index (χ4n) is 5.02. The van der Waals surface area contributed by atoms with Crippen LogP contribution in [0.3, 0.4) is 0 Å². The van der Waals surface area contributed by atoms with Gasteiger partial charge in [0.2, 0.25) is 0 Å². The van der Waals surface area contributed by atoms with E-state index in [9.17, 15) is 9.00 Å². The van der Waals surface area contributed by atoms with Crippen molar-refractivity contribution in [1.82, 2.24) is 9.29 Å². The van der Waals surface area contributed by atoms with Crippen molar-refractivity contribution in [2.45, 2.75) is 101 Å². The highest BCUT2D eigenvalue weighted by Crippen LogP contribution is 2.32. The summed E-state index contributed by atoms with van der Waals surface area (Å²) in [5.41, 5.74) is 1.92. The quantitative estimate of drug-likeness (QED) is 0.696. The average Bonchev–Trinajstić information content (AvgIpc) is 3.57. The Kier molecular flexibility index (Phi) is 6.92. The van der Waals surface area contributed by atoms with Crippen LogP contribution in [0.5, 0.6) is 0 Å². The summed E-state index contributed by atoms with van der Waals surface area (Å²) in [5.74, 6) is 0.857. The number of fused-ring (bicyclic) bond motifs is 1. The zero-order valence-electron chi connectivity index (χ0n) is 17.9. The van der Waals surface area contributed by atoms with Gasteiger partial charge in [0.25, 0.3) is 5.56 Å². The lowest BCUT2D eigenvalue weighted by atomic mass is 9.84. The standard InChI is InChI=1S/C23H36N2O3S/c1-3-4-17-6-10-19(11-7-17)28-15-22-21(24-29(27)20-12-13-20)14-9-18-8-5-16(2)23(26)25(18)22/h5,8,17,19-22,24H,3-4,6-7,9-15H2,1-2H3. The third-order valence-corrected chi connectivity index (χ3v) is 8.60. The zero-order chi connectivity index (χ0) is 20.4. The second kappa shape index (κ2) is 9.44. The van der Waals surface area contributed by atoms with Gasteiger partial charge in [-0.1, -0.05) is 25.8 Å². The van der Waals surface area contributed by atoms with Crippen LogP contribution in [-0.2, 0) is 22.1 Å². The number of nitrogens with one attached hydrogen (secondary N) is 1. The summed E-state index contributed by atoms with van der Waals surface area (Å²) in [6.07, 6.45) is 11.5. The maximum atomic E-state index is 13.0. The van der Waals surface area contributed by atoms with E-state index in [4.69, 9.17) is 4.74 Å². The van der Waals surface area contributed by atoms with Gasteiger partial charge >= 0.3 is 0 Å². The Labute approximate surface area is 177 Å². The molecule has 4 rings (SSSR count). The first kappa shape index (κ1) is 21.3. The monoisotopic (exact) mass is 420 g/mol. The molecule has 0 amide bonds. The van der Waals surface area contributed by atoms with E-state index in [2.05, 4.69) is 17.7 Å². The largest absolute Gasteiger partial charge is 0.376 e. The molecule has 1 aromatic heterocycles. The van der Waals surface area contributed by atoms with Crippen molar-refractivity contribution < 1.29 is 8.95 Å². The average molecular weight is 421 g/mol. The van der Waals surface area contributed by atoms with Gasteiger partial charge in [0.15, 0.2) is 0 Å². The Morgan fingerprint density at radius 2 is 1.90 bits per heavy atom. The molecule has 0 spiro atoms. The summed E-state index contributed by atoms with van der Waals surface area (Å²) in [6, 6.07) is 3.95. The Balaban J connectivity index is 1.47. The van der Waals surface area contributed by atoms with Gasteiger partial charge in [-0.15, -0.1) is 0 Å². The van der Waals surface area contributed by atoms with E-state index in [0.29, 0.717) is 18.0 Å². The molecule has 1 aromatic rings. The van der Waals surface area contributed by atoms with E-state index >= 15 is 0 Å². The topological polar surface area (TPSA) is 60.3 Å². The second-order valence-electron chi connectivity index (χ2n) is 9.27. The third-order valence-electron chi connectivity index (χ3n) is 6.99. The van der Waals surface area contributed by atoms with E-state index in [1.807, 2.05) is 17.6 Å². The lowest BCUT2D eigenvalue weighted by molar-refractivity contribution is -0.00728. The maximum Gasteiger partial charge on any atom is 0.254 e. The Hall–Kier alpha value is -0.980. The molecule has 0 bridgehead atoms. The molecule has 1 N–H and O–H groups in total. The van der Waals surface area contributed by atoms with Crippen molar-refractivity contribution in [3.63, 3.8) is 0 Å². The Morgan fingerprint density at radius 3 is 2.59 bits per heavy atom. The molecule has 29 heavy (non-hydrogen) atoms. The van der Waals surface area contributed by atoms with Crippen molar-refractivity contribution in [3.8, 4) is 0 Å². The molecule has 5 nitrogen and oxygen atoms in total. The molecule has 3 unspecified atom stereocenters. The molecule has 6 heteroatoms. The van der Waals surface area contributed by atoms with Crippen LogP contribution in [0.25, 0.3) is 0 Å². The number of hydrogen-bond donors (Lipinski definition) is 1. The van der Waals surface area contributed by atoms with Crippen LogP contribution in [0.4, 0.5) is 0 Å². The second-order valence-corrected chi connectivity index (χ2v) is 10.8. The molecule has 0 radical (unpaired) electrons. The van der Waals surface area contributed by atoms with Crippen molar-refractivity contribution in [2.75, 3.05) is 6.61 Å². The maximum absolute atomic E-state index is 13.0. The van der Waals surface area contributed by atoms with Crippen LogP contribution in [0.15, 0.2) is 16.9 Å². The number of aromatic nitrogens is 1. The van der Waals surface area contributed by atoms with Crippen molar-refractivity contribution in [1.29, 1.82) is 0 Å². The number of pyridine rings is 1. The summed E-state index contributed by atoms with van der Waals surface area (Å²) in [7, 11) is -1.00. The van der Waals surface area contributed by atoms with Gasteiger partial charge < -0.3 is 9.30 Å². The summed E-state index contributed by atoms with van der Waals surface area (Å²) < 4.78 is 24.2. The molecule has 1 aliphatic heterocycles. The first-order valence-corrected chi connectivity index (χ1v) is 12.8. The van der Waals surface area contributed by atoms with Gasteiger partial charge in [0, 0.05) is 22.5 Å². The first-order chi connectivity index (χ1) is 14.1. The highest BCUT2D eigenvalue weighted by Gasteiger charge is 2.36. The van der Waals surface area contributed by atoms with Crippen molar-refractivity contribution >= 4 is 11.0 Å². The fraction of sp³-hybridized carbons (Fsp3) is 0.783. The smallest absolute Gasteiger partial charge is 0.254 e. The summed E-state index contributed by atoms with van der Waals surface area (Å²) in [4.78, 5) is 13.0. The number of hydrogen-bond acceptors (Lipinski definition) is 3. The van der Waals surface area contributed by atoms with Gasteiger partial charge in [0.1, 0.15) is 0 Å². The van der Waals surface area contributed by atoms with Gasteiger partial charge in [-0.05, 0) is 70.3 Å². The lowest BCUT2D eigenvalue weighted by Gasteiger charge is -2.37. The van der Waals surface area contributed by atoms with E-state index in [1.54, 1.807) is 0 Å². The van der Waals surface area contributed by atoms with Crippen LogP contribution < -0.4 is 10.3 Å². The van der Waals surface area contributed by atoms with Crippen LogP contribution in [0, 0.1) is 12.8 Å². The molecular weight excluding hydrogens is 384 g/mol. The third kappa shape index (κ3) is 5.02. The molecule has 2 saturated carbocycles. The zero-order valence-corrected chi connectivity index (χ0v) is 18.7. The van der Waals surface area contributed by atoms with Gasteiger partial charge in [-0.25, -0.2) is 8.93 Å². The molecule has 162 valence electrons. The Bertz CT molecular complexity index is 781. The van der Waals surface area contributed by atoms with Crippen LogP contribution in [0.1, 0.15) is 82.0 Å². The van der Waals surface area contributed by atoms with E-state index in [-0.39, 0.29) is 17.6 Å². The number of aryl methyl sites for hydroxylation is 2. The van der Waals surface area contributed by atoms with E-state index in [0.717, 1.165) is 55.7 Å². The Morgan fingerprint density at radius 1 is 1.14 bits per heavy atom. The van der Waals surface area contributed by atoms with Gasteiger partial charge in [0.05, 0.1) is 29.7 Å².